The molecule has 0 saturated heterocycles. The topological polar surface area (TPSA) is 65.0 Å². The van der Waals surface area contributed by atoms with Crippen molar-refractivity contribution in [1.82, 2.24) is 0 Å². The van der Waals surface area contributed by atoms with E-state index in [2.05, 4.69) is 59.0 Å². The fourth-order valence-electron chi connectivity index (χ4n) is 8.63. The predicted octanol–water partition coefficient (Wildman–Crippen LogP) is 8.68. The number of aryl methyl sites for hydroxylation is 1. The lowest BCUT2D eigenvalue weighted by Crippen LogP contribution is -2.51. The number of carbonyl (C=O) groups excluding carboxylic acids is 1. The van der Waals surface area contributed by atoms with Crippen molar-refractivity contribution in [1.29, 1.82) is 0 Å². The Labute approximate surface area is 257 Å². The summed E-state index contributed by atoms with van der Waals surface area (Å²) in [6, 6.07) is 6.79. The smallest absolute Gasteiger partial charge is 0.308 e. The number of aliphatic hydroxyl groups excluding tert-OH is 1. The van der Waals surface area contributed by atoms with E-state index in [1.807, 2.05) is 0 Å². The second-order valence-corrected chi connectivity index (χ2v) is 20.3. The Kier molecular flexibility index (Phi) is 11.0. The molecule has 42 heavy (non-hydrogen) atoms. The Morgan fingerprint density at radius 2 is 1.83 bits per heavy atom. The second-order valence-electron chi connectivity index (χ2n) is 15.5. The van der Waals surface area contributed by atoms with Gasteiger partial charge in [0.1, 0.15) is 5.75 Å². The van der Waals surface area contributed by atoms with Crippen LogP contribution in [0.1, 0.15) is 115 Å². The largest absolute Gasteiger partial charge is 0.497 e. The number of ether oxygens (including phenoxy) is 2. The molecule has 2 saturated carbocycles. The Morgan fingerprint density at radius 1 is 1.10 bits per heavy atom. The highest BCUT2D eigenvalue weighted by Crippen LogP contribution is 2.64. The molecular weight excluding hydrogens is 540 g/mol. The zero-order valence-electron chi connectivity index (χ0n) is 28.0. The molecule has 1 aromatic rings. The molecule has 1 aromatic carbocycles. The van der Waals surface area contributed by atoms with Crippen molar-refractivity contribution in [2.75, 3.05) is 20.8 Å². The van der Waals surface area contributed by atoms with Crippen LogP contribution in [0.2, 0.25) is 18.1 Å². The molecule has 0 bridgehead atoms. The van der Waals surface area contributed by atoms with Gasteiger partial charge in [-0.2, -0.15) is 0 Å². The fraction of sp³-hybridized carbons (Fsp3) is 0.806. The highest BCUT2D eigenvalue weighted by molar-refractivity contribution is 6.74. The molecule has 0 aromatic heterocycles. The normalized spacial score (nSPS) is 29.8. The number of methoxy groups -OCH3 is 2. The van der Waals surface area contributed by atoms with Gasteiger partial charge in [-0.05, 0) is 128 Å². The Balaban J connectivity index is 1.56. The first-order chi connectivity index (χ1) is 19.9. The monoisotopic (exact) mass is 600 g/mol. The molecule has 0 radical (unpaired) electrons. The molecule has 0 aliphatic heterocycles. The average Bonchev–Trinajstić information content (AvgIpc) is 3.23. The van der Waals surface area contributed by atoms with Crippen LogP contribution in [0.4, 0.5) is 0 Å². The van der Waals surface area contributed by atoms with Gasteiger partial charge in [0, 0.05) is 6.61 Å². The molecule has 238 valence electrons. The van der Waals surface area contributed by atoms with Gasteiger partial charge in [-0.15, -0.1) is 0 Å². The van der Waals surface area contributed by atoms with Gasteiger partial charge in [-0.1, -0.05) is 53.0 Å². The number of unbranched alkanes of at least 4 members (excludes halogenated alkanes) is 3. The minimum atomic E-state index is -1.99. The van der Waals surface area contributed by atoms with Crippen molar-refractivity contribution in [3.05, 3.63) is 29.3 Å². The molecule has 3 aliphatic carbocycles. The number of fused-ring (bicyclic) bond motifs is 5. The highest BCUT2D eigenvalue weighted by atomic mass is 28.4. The second kappa shape index (κ2) is 13.7. The van der Waals surface area contributed by atoms with Gasteiger partial charge in [0.25, 0.3) is 0 Å². The van der Waals surface area contributed by atoms with Crippen LogP contribution in [0.25, 0.3) is 0 Å². The molecule has 5 nitrogen and oxygen atoms in total. The number of benzene rings is 1. The quantitative estimate of drug-likeness (QED) is 0.139. The van der Waals surface area contributed by atoms with Gasteiger partial charge >= 0.3 is 5.97 Å². The van der Waals surface area contributed by atoms with E-state index in [0.29, 0.717) is 23.7 Å². The van der Waals surface area contributed by atoms with E-state index in [9.17, 15) is 4.79 Å². The van der Waals surface area contributed by atoms with Crippen molar-refractivity contribution < 1.29 is 23.8 Å². The number of hydrogen-bond acceptors (Lipinski definition) is 5. The third-order valence-corrected chi connectivity index (χ3v) is 16.6. The Morgan fingerprint density at radius 3 is 2.50 bits per heavy atom. The van der Waals surface area contributed by atoms with Crippen LogP contribution >= 0.6 is 0 Å². The fourth-order valence-corrected chi connectivity index (χ4v) is 10.1. The molecule has 7 atom stereocenters. The molecule has 0 amide bonds. The summed E-state index contributed by atoms with van der Waals surface area (Å²) in [7, 11) is 1.31. The van der Waals surface area contributed by atoms with E-state index in [1.165, 1.54) is 38.4 Å². The number of carbonyl (C=O) groups is 1. The van der Waals surface area contributed by atoms with Gasteiger partial charge in [0.15, 0.2) is 8.32 Å². The molecule has 3 aliphatic rings. The SMILES string of the molecule is COC(=O)C(CCCCCCO)CC[C@@H]1C[C@H]2[C@@H]3CCc4cc(OC)ccc4[C@H]3CC[C@]2(C)[C@H]1O[Si](C)(C)C(C)(C)C. The molecule has 1 unspecified atom stereocenters. The summed E-state index contributed by atoms with van der Waals surface area (Å²) in [6.45, 7) is 14.7. The first-order valence-corrected chi connectivity index (χ1v) is 19.8. The van der Waals surface area contributed by atoms with E-state index in [-0.39, 0.29) is 35.1 Å². The van der Waals surface area contributed by atoms with Gasteiger partial charge in [0.2, 0.25) is 0 Å². The van der Waals surface area contributed by atoms with Crippen molar-refractivity contribution in [2.24, 2.45) is 29.1 Å². The van der Waals surface area contributed by atoms with Gasteiger partial charge in [-0.25, -0.2) is 0 Å². The van der Waals surface area contributed by atoms with Crippen molar-refractivity contribution >= 4 is 14.3 Å². The Bertz CT molecular complexity index is 1050. The van der Waals surface area contributed by atoms with Crippen LogP contribution < -0.4 is 4.74 Å². The van der Waals surface area contributed by atoms with Crippen LogP contribution in [0.5, 0.6) is 5.75 Å². The highest BCUT2D eigenvalue weighted by Gasteiger charge is 2.60. The van der Waals surface area contributed by atoms with Crippen LogP contribution in [-0.4, -0.2) is 46.3 Å². The molecular formula is C36H60O5Si. The Hall–Kier alpha value is -1.37. The molecule has 4 rings (SSSR count). The van der Waals surface area contributed by atoms with Crippen molar-refractivity contribution in [3.8, 4) is 5.75 Å². The van der Waals surface area contributed by atoms with Crippen molar-refractivity contribution in [2.45, 2.75) is 135 Å². The molecule has 1 N–H and O–H groups in total. The van der Waals surface area contributed by atoms with Crippen LogP contribution in [-0.2, 0) is 20.4 Å². The summed E-state index contributed by atoms with van der Waals surface area (Å²) >= 11 is 0. The lowest BCUT2D eigenvalue weighted by Gasteiger charge is -2.52. The molecule has 2 fully saturated rings. The summed E-state index contributed by atoms with van der Waals surface area (Å²) in [5.41, 5.74) is 3.23. The van der Waals surface area contributed by atoms with E-state index in [0.717, 1.165) is 57.1 Å². The van der Waals surface area contributed by atoms with E-state index in [4.69, 9.17) is 19.0 Å². The van der Waals surface area contributed by atoms with Crippen LogP contribution in [0, 0.1) is 29.1 Å². The number of aliphatic hydroxyl groups is 1. The first kappa shape index (κ1) is 33.5. The molecule has 0 heterocycles. The predicted molar refractivity (Wildman–Crippen MR) is 173 cm³/mol. The lowest BCUT2D eigenvalue weighted by molar-refractivity contribution is -0.146. The van der Waals surface area contributed by atoms with E-state index < -0.39 is 8.32 Å². The maximum atomic E-state index is 12.8. The number of hydrogen-bond donors (Lipinski definition) is 1. The van der Waals surface area contributed by atoms with Gasteiger partial charge in [0.05, 0.1) is 26.2 Å². The number of rotatable bonds is 13. The summed E-state index contributed by atoms with van der Waals surface area (Å²) in [5, 5.41) is 9.29. The average molecular weight is 601 g/mol. The summed E-state index contributed by atoms with van der Waals surface area (Å²) in [6.07, 6.45) is 13.1. The maximum Gasteiger partial charge on any atom is 0.308 e. The lowest BCUT2D eigenvalue weighted by atomic mass is 9.55. The van der Waals surface area contributed by atoms with E-state index >= 15 is 0 Å². The third-order valence-electron chi connectivity index (χ3n) is 12.1. The summed E-state index contributed by atoms with van der Waals surface area (Å²) < 4.78 is 18.3. The zero-order valence-corrected chi connectivity index (χ0v) is 29.0. The molecule has 0 spiro atoms. The van der Waals surface area contributed by atoms with Crippen LogP contribution in [0.15, 0.2) is 18.2 Å². The minimum absolute atomic E-state index is 0.0441. The minimum Gasteiger partial charge on any atom is -0.497 e. The standard InChI is InChI=1S/C36H60O5Si/c1-35(2,3)42(7,8)41-33-27(15-14-25(34(38)40-6)13-11-9-10-12-22-37)24-32-31-18-16-26-23-28(39-5)17-19-29(26)30(31)20-21-36(32,33)4/h17,19,23,25,27,30-33,37H,9-16,18,20-22,24H2,1-8H3/t25?,27-,30-,31-,32+,33+,36+/m1/s1. The summed E-state index contributed by atoms with van der Waals surface area (Å²) in [5.74, 6) is 3.34. The first-order valence-electron chi connectivity index (χ1n) is 16.9. The van der Waals surface area contributed by atoms with E-state index in [1.54, 1.807) is 12.7 Å². The summed E-state index contributed by atoms with van der Waals surface area (Å²) in [4.78, 5) is 12.8. The van der Waals surface area contributed by atoms with Gasteiger partial charge in [-0.3, -0.25) is 4.79 Å². The molecule has 6 heteroatoms. The number of esters is 1. The third kappa shape index (κ3) is 6.96. The van der Waals surface area contributed by atoms with Gasteiger partial charge < -0.3 is 19.0 Å². The zero-order chi connectivity index (χ0) is 30.7. The van der Waals surface area contributed by atoms with Crippen molar-refractivity contribution in [3.63, 3.8) is 0 Å². The maximum absolute atomic E-state index is 12.8. The van der Waals surface area contributed by atoms with Crippen LogP contribution in [0.3, 0.4) is 0 Å².